The Labute approximate surface area is 183 Å². The molecule has 30 heavy (non-hydrogen) atoms. The highest BCUT2D eigenvalue weighted by atomic mass is 35.5. The number of hydrogen-bond acceptors (Lipinski definition) is 2. The fourth-order valence-electron chi connectivity index (χ4n) is 3.21. The number of nitrogens with zero attached hydrogens (tertiary/aromatic N) is 1. The third kappa shape index (κ3) is 4.55. The summed E-state index contributed by atoms with van der Waals surface area (Å²) >= 11 is 6.03. The number of carbonyl (C=O) groups is 1. The first-order valence-corrected chi connectivity index (χ1v) is 13.1. The minimum atomic E-state index is -2.04. The minimum Gasteiger partial charge on any atom is -0.543 e. The first-order chi connectivity index (χ1) is 13.9. The van der Waals surface area contributed by atoms with Crippen LogP contribution in [-0.4, -0.2) is 31.0 Å². The van der Waals surface area contributed by atoms with Crippen LogP contribution in [0.3, 0.4) is 0 Å². The summed E-state index contributed by atoms with van der Waals surface area (Å²) in [5, 5.41) is 10.2. The predicted molar refractivity (Wildman–Crippen MR) is 121 cm³/mol. The van der Waals surface area contributed by atoms with Crippen molar-refractivity contribution in [1.29, 1.82) is 0 Å². The number of carboxylic acid groups (broad SMARTS) is 1. The van der Waals surface area contributed by atoms with E-state index >= 15 is 0 Å². The van der Waals surface area contributed by atoms with Crippen molar-refractivity contribution in [2.75, 3.05) is 6.54 Å². The fourth-order valence-corrected chi connectivity index (χ4v) is 4.40. The molecule has 1 aliphatic heterocycles. The predicted octanol–water partition coefficient (Wildman–Crippen LogP) is 6.98. The maximum absolute atomic E-state index is 14.4. The fraction of sp³-hybridized carbons (Fsp3) is 0.348. The average Bonchev–Trinajstić information content (AvgIpc) is 3.08. The Morgan fingerprint density at radius 2 is 1.93 bits per heavy atom. The van der Waals surface area contributed by atoms with Gasteiger partial charge in [0.25, 0.3) is 0 Å². The average molecular weight is 448 g/mol. The summed E-state index contributed by atoms with van der Waals surface area (Å²) < 4.78 is 20.7. The standard InChI is InChI=1S/C23H27ClFNO3Si/c1-23(2,3)30(4,5)29-18-8-6-7-15(11-18)21-12-16(14-26(21)22(27)28)19-13-17(24)9-10-20(19)25/h6-13,21H,14H2,1-5H3,(H,27,28). The van der Waals surface area contributed by atoms with Gasteiger partial charge in [-0.1, -0.05) is 50.6 Å². The zero-order valence-electron chi connectivity index (χ0n) is 17.9. The van der Waals surface area contributed by atoms with Crippen molar-refractivity contribution >= 4 is 31.6 Å². The van der Waals surface area contributed by atoms with E-state index in [1.54, 1.807) is 6.08 Å². The second kappa shape index (κ2) is 8.08. The normalized spacial score (nSPS) is 17.1. The largest absolute Gasteiger partial charge is 0.543 e. The SMILES string of the molecule is CC(C)(C)[Si](C)(C)Oc1cccc(C2C=C(c3cc(Cl)ccc3F)CN2C(=O)O)c1. The molecule has 0 saturated carbocycles. The molecule has 1 unspecified atom stereocenters. The van der Waals surface area contributed by atoms with E-state index in [9.17, 15) is 14.3 Å². The van der Waals surface area contributed by atoms with Crippen LogP contribution in [0.5, 0.6) is 5.75 Å². The molecule has 2 aromatic carbocycles. The highest BCUT2D eigenvalue weighted by Crippen LogP contribution is 2.40. The highest BCUT2D eigenvalue weighted by Gasteiger charge is 2.39. The van der Waals surface area contributed by atoms with Crippen molar-refractivity contribution in [1.82, 2.24) is 4.90 Å². The van der Waals surface area contributed by atoms with Crippen LogP contribution < -0.4 is 4.43 Å². The molecule has 0 fully saturated rings. The van der Waals surface area contributed by atoms with Gasteiger partial charge in [-0.15, -0.1) is 0 Å². The Morgan fingerprint density at radius 3 is 2.57 bits per heavy atom. The van der Waals surface area contributed by atoms with Gasteiger partial charge in [0.2, 0.25) is 8.32 Å². The first-order valence-electron chi connectivity index (χ1n) is 9.84. The molecular formula is C23H27ClFNO3Si. The lowest BCUT2D eigenvalue weighted by Gasteiger charge is -2.36. The first kappa shape index (κ1) is 22.4. The van der Waals surface area contributed by atoms with Crippen LogP contribution in [0.4, 0.5) is 9.18 Å². The van der Waals surface area contributed by atoms with Gasteiger partial charge in [-0.05, 0) is 59.6 Å². The molecule has 0 aromatic heterocycles. The monoisotopic (exact) mass is 447 g/mol. The van der Waals surface area contributed by atoms with E-state index in [1.165, 1.54) is 23.1 Å². The summed E-state index contributed by atoms with van der Waals surface area (Å²) in [7, 11) is -2.04. The van der Waals surface area contributed by atoms with Crippen LogP contribution in [0, 0.1) is 5.82 Å². The van der Waals surface area contributed by atoms with Crippen LogP contribution >= 0.6 is 11.6 Å². The van der Waals surface area contributed by atoms with Gasteiger partial charge in [0.15, 0.2) is 0 Å². The quantitative estimate of drug-likeness (QED) is 0.514. The molecule has 0 spiro atoms. The molecule has 0 saturated heterocycles. The third-order valence-corrected chi connectivity index (χ3v) is 10.5. The molecule has 1 aliphatic rings. The molecule has 0 bridgehead atoms. The number of rotatable bonds is 4. The Kier molecular flexibility index (Phi) is 6.02. The lowest BCUT2D eigenvalue weighted by atomic mass is 10.0. The van der Waals surface area contributed by atoms with Crippen LogP contribution in [0.15, 0.2) is 48.5 Å². The maximum Gasteiger partial charge on any atom is 0.408 e. The summed E-state index contributed by atoms with van der Waals surface area (Å²) in [4.78, 5) is 13.2. The maximum atomic E-state index is 14.4. The summed E-state index contributed by atoms with van der Waals surface area (Å²) in [5.41, 5.74) is 1.70. The molecule has 4 nitrogen and oxygen atoms in total. The van der Waals surface area contributed by atoms with Crippen molar-refractivity contribution in [2.24, 2.45) is 0 Å². The van der Waals surface area contributed by atoms with Gasteiger partial charge in [0, 0.05) is 10.6 Å². The smallest absolute Gasteiger partial charge is 0.408 e. The molecule has 1 atom stereocenters. The number of hydrogen-bond donors (Lipinski definition) is 1. The van der Waals surface area contributed by atoms with Crippen LogP contribution in [0.2, 0.25) is 23.2 Å². The van der Waals surface area contributed by atoms with Gasteiger partial charge in [0.05, 0.1) is 12.6 Å². The Morgan fingerprint density at radius 1 is 1.23 bits per heavy atom. The number of halogens is 2. The van der Waals surface area contributed by atoms with E-state index < -0.39 is 26.3 Å². The van der Waals surface area contributed by atoms with Crippen LogP contribution in [0.1, 0.15) is 37.9 Å². The Hall–Kier alpha value is -2.31. The molecule has 1 N–H and O–H groups in total. The summed E-state index contributed by atoms with van der Waals surface area (Å²) in [6, 6.07) is 11.3. The Bertz CT molecular complexity index is 1000. The summed E-state index contributed by atoms with van der Waals surface area (Å²) in [5.74, 6) is 0.298. The van der Waals surface area contributed by atoms with Crippen molar-refractivity contribution in [3.8, 4) is 5.75 Å². The molecule has 0 radical (unpaired) electrons. The van der Waals surface area contributed by atoms with Crippen molar-refractivity contribution in [2.45, 2.75) is 44.9 Å². The van der Waals surface area contributed by atoms with E-state index in [2.05, 4.69) is 33.9 Å². The van der Waals surface area contributed by atoms with Crippen molar-refractivity contribution < 1.29 is 18.7 Å². The second-order valence-electron chi connectivity index (χ2n) is 9.11. The van der Waals surface area contributed by atoms with Gasteiger partial charge in [-0.25, -0.2) is 9.18 Å². The molecule has 3 rings (SSSR count). The van der Waals surface area contributed by atoms with E-state index in [4.69, 9.17) is 16.0 Å². The van der Waals surface area contributed by atoms with Gasteiger partial charge in [0.1, 0.15) is 11.6 Å². The van der Waals surface area contributed by atoms with Gasteiger partial charge in [-0.3, -0.25) is 4.90 Å². The van der Waals surface area contributed by atoms with Gasteiger partial charge >= 0.3 is 6.09 Å². The van der Waals surface area contributed by atoms with Crippen molar-refractivity contribution in [3.63, 3.8) is 0 Å². The molecule has 0 aliphatic carbocycles. The molecule has 7 heteroatoms. The molecule has 2 aromatic rings. The zero-order chi connectivity index (χ0) is 22.3. The van der Waals surface area contributed by atoms with Gasteiger partial charge in [-0.2, -0.15) is 0 Å². The third-order valence-electron chi connectivity index (χ3n) is 5.93. The van der Waals surface area contributed by atoms with Gasteiger partial charge < -0.3 is 9.53 Å². The lowest BCUT2D eigenvalue weighted by molar-refractivity contribution is 0.144. The van der Waals surface area contributed by atoms with Crippen molar-refractivity contribution in [3.05, 3.63) is 70.5 Å². The van der Waals surface area contributed by atoms with Crippen LogP contribution in [0.25, 0.3) is 5.57 Å². The Balaban J connectivity index is 1.97. The summed E-state index contributed by atoms with van der Waals surface area (Å²) in [6.07, 6.45) is 0.721. The topological polar surface area (TPSA) is 49.8 Å². The summed E-state index contributed by atoms with van der Waals surface area (Å²) in [6.45, 7) is 10.9. The second-order valence-corrected chi connectivity index (χ2v) is 14.3. The molecule has 1 heterocycles. The lowest BCUT2D eigenvalue weighted by Crippen LogP contribution is -2.43. The molecule has 160 valence electrons. The van der Waals surface area contributed by atoms with E-state index in [0.29, 0.717) is 16.2 Å². The molecule has 1 amide bonds. The number of benzene rings is 2. The zero-order valence-corrected chi connectivity index (χ0v) is 19.6. The van der Waals surface area contributed by atoms with E-state index in [1.807, 2.05) is 24.3 Å². The molecular weight excluding hydrogens is 421 g/mol. The van der Waals surface area contributed by atoms with E-state index in [0.717, 1.165) is 11.3 Å². The highest BCUT2D eigenvalue weighted by molar-refractivity contribution is 6.74. The van der Waals surface area contributed by atoms with E-state index in [-0.39, 0.29) is 11.6 Å². The number of amides is 1. The van der Waals surface area contributed by atoms with Crippen LogP contribution in [-0.2, 0) is 0 Å². The minimum absolute atomic E-state index is 0.0423.